The Morgan fingerprint density at radius 3 is 2.41 bits per heavy atom. The van der Waals surface area contributed by atoms with E-state index >= 15 is 0 Å². The first-order valence-electron chi connectivity index (χ1n) is 8.90. The van der Waals surface area contributed by atoms with Crippen LogP contribution in [0.2, 0.25) is 0 Å². The second-order valence-corrected chi connectivity index (χ2v) is 7.55. The maximum absolute atomic E-state index is 12.3. The fourth-order valence-corrected chi connectivity index (χ4v) is 3.37. The van der Waals surface area contributed by atoms with E-state index in [0.29, 0.717) is 11.1 Å². The third-order valence-corrected chi connectivity index (χ3v) is 5.17. The lowest BCUT2D eigenvalue weighted by Crippen LogP contribution is -2.28. The van der Waals surface area contributed by atoms with Crippen molar-refractivity contribution in [3.05, 3.63) is 65.7 Å². The highest BCUT2D eigenvalue weighted by molar-refractivity contribution is 7.99. The predicted molar refractivity (Wildman–Crippen MR) is 107 cm³/mol. The van der Waals surface area contributed by atoms with E-state index < -0.39 is 0 Å². The van der Waals surface area contributed by atoms with Crippen molar-refractivity contribution in [2.24, 2.45) is 0 Å². The molecule has 7 heteroatoms. The number of hydrogen-bond donors (Lipinski definition) is 1. The number of carbonyl (C=O) groups excluding carboxylic acids is 1. The third kappa shape index (κ3) is 4.95. The molecule has 1 heterocycles. The molecule has 140 valence electrons. The Morgan fingerprint density at radius 1 is 1.04 bits per heavy atom. The summed E-state index contributed by atoms with van der Waals surface area (Å²) in [6.45, 7) is 6.28. The van der Waals surface area contributed by atoms with Crippen molar-refractivity contribution in [1.29, 1.82) is 0 Å². The number of hydrogen-bond acceptors (Lipinski definition) is 5. The summed E-state index contributed by atoms with van der Waals surface area (Å²) in [6, 6.07) is 18.0. The lowest BCUT2D eigenvalue weighted by molar-refractivity contribution is -0.119. The zero-order valence-corrected chi connectivity index (χ0v) is 16.5. The van der Waals surface area contributed by atoms with Gasteiger partial charge in [-0.3, -0.25) is 4.79 Å². The highest BCUT2D eigenvalue weighted by Crippen LogP contribution is 2.21. The number of rotatable bonds is 7. The van der Waals surface area contributed by atoms with Crippen molar-refractivity contribution in [1.82, 2.24) is 25.5 Å². The average Bonchev–Trinajstić information content (AvgIpc) is 3.15. The predicted octanol–water partition coefficient (Wildman–Crippen LogP) is 3.76. The summed E-state index contributed by atoms with van der Waals surface area (Å²) in [4.78, 5) is 12.3. The summed E-state index contributed by atoms with van der Waals surface area (Å²) in [7, 11) is 0. The van der Waals surface area contributed by atoms with Gasteiger partial charge in [0.1, 0.15) is 0 Å². The Hall–Kier alpha value is -2.67. The fraction of sp³-hybridized carbons (Fsp3) is 0.300. The molecule has 6 nitrogen and oxygen atoms in total. The topological polar surface area (TPSA) is 72.7 Å². The van der Waals surface area contributed by atoms with Crippen LogP contribution in [0.5, 0.6) is 0 Å². The van der Waals surface area contributed by atoms with Crippen LogP contribution in [0.15, 0.2) is 59.8 Å². The number of carbonyl (C=O) groups is 1. The molecule has 3 aromatic rings. The van der Waals surface area contributed by atoms with E-state index in [1.165, 1.54) is 17.3 Å². The van der Waals surface area contributed by atoms with E-state index in [2.05, 4.69) is 46.8 Å². The smallest absolute Gasteiger partial charge is 0.230 e. The fourth-order valence-electron chi connectivity index (χ4n) is 2.67. The van der Waals surface area contributed by atoms with Gasteiger partial charge in [0.25, 0.3) is 0 Å². The second kappa shape index (κ2) is 8.81. The van der Waals surface area contributed by atoms with Crippen LogP contribution in [0.25, 0.3) is 5.69 Å². The van der Waals surface area contributed by atoms with Gasteiger partial charge in [-0.2, -0.15) is 4.68 Å². The molecule has 0 saturated heterocycles. The summed E-state index contributed by atoms with van der Waals surface area (Å²) in [5.74, 6) is 0.667. The minimum absolute atomic E-state index is 0.0427. The maximum Gasteiger partial charge on any atom is 0.230 e. The minimum Gasteiger partial charge on any atom is -0.349 e. The number of thioether (sulfide) groups is 1. The van der Waals surface area contributed by atoms with E-state index in [4.69, 9.17) is 0 Å². The number of nitrogens with one attached hydrogen (secondary N) is 1. The number of benzene rings is 2. The van der Waals surface area contributed by atoms with Gasteiger partial charge < -0.3 is 5.32 Å². The van der Waals surface area contributed by atoms with Crippen LogP contribution in [-0.2, 0) is 4.79 Å². The van der Waals surface area contributed by atoms with Crippen LogP contribution in [0.3, 0.4) is 0 Å². The SMILES string of the molecule is CC(C)c1ccc(-n2nnnc2SCC(=O)N[C@@H](C)c2ccccc2)cc1. The van der Waals surface area contributed by atoms with Crippen LogP contribution in [0.1, 0.15) is 43.9 Å². The molecule has 0 radical (unpaired) electrons. The van der Waals surface area contributed by atoms with E-state index in [0.717, 1.165) is 11.3 Å². The summed E-state index contributed by atoms with van der Waals surface area (Å²) in [6.07, 6.45) is 0. The molecule has 0 spiro atoms. The Morgan fingerprint density at radius 2 is 1.74 bits per heavy atom. The first kappa shape index (κ1) is 19.1. The van der Waals surface area contributed by atoms with Gasteiger partial charge >= 0.3 is 0 Å². The Balaban J connectivity index is 1.60. The highest BCUT2D eigenvalue weighted by Gasteiger charge is 2.14. The Labute approximate surface area is 163 Å². The summed E-state index contributed by atoms with van der Waals surface area (Å²) in [5, 5.41) is 15.4. The summed E-state index contributed by atoms with van der Waals surface area (Å²) >= 11 is 1.32. The van der Waals surface area contributed by atoms with Crippen molar-refractivity contribution in [3.8, 4) is 5.69 Å². The van der Waals surface area contributed by atoms with Crippen molar-refractivity contribution >= 4 is 17.7 Å². The quantitative estimate of drug-likeness (QED) is 0.631. The van der Waals surface area contributed by atoms with Gasteiger partial charge in [0.15, 0.2) is 0 Å². The van der Waals surface area contributed by atoms with Gasteiger partial charge in [-0.15, -0.1) is 5.10 Å². The molecular weight excluding hydrogens is 358 g/mol. The molecule has 27 heavy (non-hydrogen) atoms. The van der Waals surface area contributed by atoms with Crippen LogP contribution in [0, 0.1) is 0 Å². The Bertz CT molecular complexity index is 877. The van der Waals surface area contributed by atoms with Crippen LogP contribution < -0.4 is 5.32 Å². The third-order valence-electron chi connectivity index (χ3n) is 4.25. The van der Waals surface area contributed by atoms with Gasteiger partial charge in [-0.1, -0.05) is 68.1 Å². The zero-order valence-electron chi connectivity index (χ0n) is 15.7. The number of aromatic nitrogens is 4. The standard InChI is InChI=1S/C20H23N5OS/c1-14(2)16-9-11-18(12-10-16)25-20(22-23-24-25)27-13-19(26)21-15(3)17-7-5-4-6-8-17/h4-12,14-15H,13H2,1-3H3,(H,21,26)/t15-/m0/s1. The van der Waals surface area contributed by atoms with Gasteiger partial charge in [0.2, 0.25) is 11.1 Å². The van der Waals surface area contributed by atoms with Crippen LogP contribution in [0.4, 0.5) is 0 Å². The molecule has 1 N–H and O–H groups in total. The molecule has 0 aliphatic carbocycles. The molecule has 1 amide bonds. The molecule has 0 aliphatic rings. The van der Waals surface area contributed by atoms with Crippen molar-refractivity contribution in [2.45, 2.75) is 37.9 Å². The van der Waals surface area contributed by atoms with Gasteiger partial charge in [-0.05, 0) is 46.5 Å². The van der Waals surface area contributed by atoms with Crippen LogP contribution >= 0.6 is 11.8 Å². The summed E-state index contributed by atoms with van der Waals surface area (Å²) in [5.41, 5.74) is 3.21. The van der Waals surface area contributed by atoms with Crippen molar-refractivity contribution in [2.75, 3.05) is 5.75 Å². The maximum atomic E-state index is 12.3. The monoisotopic (exact) mass is 381 g/mol. The molecule has 1 atom stereocenters. The zero-order chi connectivity index (χ0) is 19.2. The largest absolute Gasteiger partial charge is 0.349 e. The number of tetrazole rings is 1. The molecule has 0 bridgehead atoms. The molecule has 3 rings (SSSR count). The van der Waals surface area contributed by atoms with Crippen molar-refractivity contribution in [3.63, 3.8) is 0 Å². The van der Waals surface area contributed by atoms with Gasteiger partial charge in [0.05, 0.1) is 17.5 Å². The molecule has 2 aromatic carbocycles. The van der Waals surface area contributed by atoms with E-state index in [-0.39, 0.29) is 17.7 Å². The minimum atomic E-state index is -0.0546. The highest BCUT2D eigenvalue weighted by atomic mass is 32.2. The number of nitrogens with zero attached hydrogens (tertiary/aromatic N) is 4. The molecule has 0 fully saturated rings. The van der Waals surface area contributed by atoms with Crippen LogP contribution in [-0.4, -0.2) is 31.9 Å². The molecule has 0 unspecified atom stereocenters. The number of amides is 1. The van der Waals surface area contributed by atoms with E-state index in [9.17, 15) is 4.79 Å². The van der Waals surface area contributed by atoms with E-state index in [1.807, 2.05) is 49.4 Å². The van der Waals surface area contributed by atoms with Gasteiger partial charge in [-0.25, -0.2) is 0 Å². The lowest BCUT2D eigenvalue weighted by atomic mass is 10.0. The van der Waals surface area contributed by atoms with E-state index in [1.54, 1.807) is 4.68 Å². The molecule has 0 saturated carbocycles. The average molecular weight is 382 g/mol. The summed E-state index contributed by atoms with van der Waals surface area (Å²) < 4.78 is 1.66. The van der Waals surface area contributed by atoms with Crippen molar-refractivity contribution < 1.29 is 4.79 Å². The lowest BCUT2D eigenvalue weighted by Gasteiger charge is -2.14. The molecular formula is C20H23N5OS. The molecule has 0 aliphatic heterocycles. The Kier molecular flexibility index (Phi) is 6.24. The van der Waals surface area contributed by atoms with Gasteiger partial charge in [0, 0.05) is 0 Å². The molecule has 1 aromatic heterocycles. The first-order chi connectivity index (χ1) is 13.0. The normalized spacial score (nSPS) is 12.1. The first-order valence-corrected chi connectivity index (χ1v) is 9.89. The second-order valence-electron chi connectivity index (χ2n) is 6.61.